The van der Waals surface area contributed by atoms with E-state index in [1.165, 1.54) is 0 Å². The fourth-order valence-electron chi connectivity index (χ4n) is 0.407. The highest BCUT2D eigenvalue weighted by molar-refractivity contribution is 7.84. The highest BCUT2D eigenvalue weighted by atomic mass is 31.3. The van der Waals surface area contributed by atoms with Crippen molar-refractivity contribution in [3.8, 4) is 0 Å². The second-order valence-corrected chi connectivity index (χ2v) is 6.05. The maximum atomic E-state index is 10.3. The Morgan fingerprint density at radius 3 is 1.67 bits per heavy atom. The molecule has 0 bridgehead atoms. The molecule has 0 aliphatic carbocycles. The van der Waals surface area contributed by atoms with Crippen LogP contribution < -0.4 is 5.73 Å². The van der Waals surface area contributed by atoms with Gasteiger partial charge >= 0.3 is 15.2 Å². The normalized spacial score (nSPS) is 58.8. The first-order valence-electron chi connectivity index (χ1n) is 1.98. The van der Waals surface area contributed by atoms with Gasteiger partial charge in [0.25, 0.3) is 0 Å². The van der Waals surface area contributed by atoms with Gasteiger partial charge in [-0.3, -0.25) is 9.13 Å². The van der Waals surface area contributed by atoms with Crippen LogP contribution in [0.2, 0.25) is 0 Å². The van der Waals surface area contributed by atoms with Crippen molar-refractivity contribution in [1.29, 1.82) is 0 Å². The van der Waals surface area contributed by atoms with Gasteiger partial charge in [-0.25, -0.2) is 4.31 Å². The summed E-state index contributed by atoms with van der Waals surface area (Å²) in [5.74, 6) is 0. The summed E-state index contributed by atoms with van der Waals surface area (Å²) in [5, 5.41) is 0. The summed E-state index contributed by atoms with van der Waals surface area (Å²) >= 11 is 0. The van der Waals surface area contributed by atoms with Crippen molar-refractivity contribution in [3.05, 3.63) is 0 Å². The SMILES string of the molecule is NC1P(=O)(O)OP1(=O)O. The Balaban J connectivity index is 2.86. The maximum absolute atomic E-state index is 10.3. The van der Waals surface area contributed by atoms with E-state index in [0.29, 0.717) is 0 Å². The maximum Gasteiger partial charge on any atom is 0.364 e. The fraction of sp³-hybridized carbons (Fsp3) is 1.00. The van der Waals surface area contributed by atoms with Crippen LogP contribution in [0, 0.1) is 0 Å². The second-order valence-electron chi connectivity index (χ2n) is 1.62. The quantitative estimate of drug-likeness (QED) is 0.431. The number of hydrogen-bond acceptors (Lipinski definition) is 4. The van der Waals surface area contributed by atoms with Crippen molar-refractivity contribution in [2.45, 2.75) is 5.52 Å². The first kappa shape index (κ1) is 7.41. The first-order valence-corrected chi connectivity index (χ1v) is 5.27. The number of nitrogens with two attached hydrogens (primary N) is 1. The van der Waals surface area contributed by atoms with Gasteiger partial charge in [-0.15, -0.1) is 0 Å². The molecule has 6 nitrogen and oxygen atoms in total. The molecule has 1 aliphatic heterocycles. The lowest BCUT2D eigenvalue weighted by atomic mass is 11.5. The Hall–Kier alpha value is 0.300. The minimum absolute atomic E-state index is 1.61. The minimum atomic E-state index is -3.91. The molecule has 0 aromatic rings. The highest BCUT2D eigenvalue weighted by Crippen LogP contribution is 2.79. The van der Waals surface area contributed by atoms with E-state index in [-0.39, 0.29) is 0 Å². The Morgan fingerprint density at radius 2 is 1.67 bits per heavy atom. The fourth-order valence-corrected chi connectivity index (χ4v) is 3.66. The van der Waals surface area contributed by atoms with Crippen LogP contribution in [-0.2, 0) is 13.4 Å². The zero-order valence-corrected chi connectivity index (χ0v) is 5.96. The van der Waals surface area contributed by atoms with E-state index in [1.54, 1.807) is 0 Å². The van der Waals surface area contributed by atoms with E-state index in [4.69, 9.17) is 15.5 Å². The molecule has 0 amide bonds. The van der Waals surface area contributed by atoms with E-state index >= 15 is 0 Å². The predicted molar refractivity (Wildman–Crippen MR) is 28.7 cm³/mol. The average Bonchev–Trinajstić information content (AvgIpc) is 1.63. The molecule has 1 rings (SSSR count). The molecule has 0 saturated carbocycles. The minimum Gasteiger partial charge on any atom is -0.322 e. The number of hydrogen-bond donors (Lipinski definition) is 3. The lowest BCUT2D eigenvalue weighted by molar-refractivity contribution is 0.289. The van der Waals surface area contributed by atoms with E-state index in [9.17, 15) is 9.13 Å². The highest BCUT2D eigenvalue weighted by Gasteiger charge is 2.59. The number of rotatable bonds is 0. The summed E-state index contributed by atoms with van der Waals surface area (Å²) in [6.07, 6.45) is 0. The molecule has 0 aromatic heterocycles. The van der Waals surface area contributed by atoms with Crippen molar-refractivity contribution in [2.75, 3.05) is 0 Å². The summed E-state index contributed by atoms with van der Waals surface area (Å²) in [4.78, 5) is 16.8. The molecule has 2 atom stereocenters. The van der Waals surface area contributed by atoms with Crippen molar-refractivity contribution >= 4 is 15.2 Å². The molecule has 8 heteroatoms. The smallest absolute Gasteiger partial charge is 0.322 e. The predicted octanol–water partition coefficient (Wildman–Crippen LogP) is -0.370. The zero-order chi connectivity index (χ0) is 7.28. The summed E-state index contributed by atoms with van der Waals surface area (Å²) in [6, 6.07) is 0. The molecule has 0 aromatic carbocycles. The van der Waals surface area contributed by atoms with Crippen LogP contribution in [-0.4, -0.2) is 15.3 Å². The van der Waals surface area contributed by atoms with Gasteiger partial charge in [-0.05, 0) is 0 Å². The van der Waals surface area contributed by atoms with Crippen LogP contribution >= 0.6 is 15.2 Å². The molecule has 4 N–H and O–H groups in total. The molecule has 0 radical (unpaired) electrons. The van der Waals surface area contributed by atoms with Gasteiger partial charge in [0.1, 0.15) is 0 Å². The van der Waals surface area contributed by atoms with Crippen LogP contribution in [0.4, 0.5) is 0 Å². The van der Waals surface area contributed by atoms with Gasteiger partial charge in [0.15, 0.2) is 0 Å². The molecule has 1 aliphatic rings. The monoisotopic (exact) mass is 173 g/mol. The molecular formula is CH5NO5P2. The van der Waals surface area contributed by atoms with Crippen LogP contribution in [0.5, 0.6) is 0 Å². The summed E-state index contributed by atoms with van der Waals surface area (Å²) in [6.45, 7) is 0. The molecule has 54 valence electrons. The first-order chi connectivity index (χ1) is 3.86. The van der Waals surface area contributed by atoms with E-state index in [0.717, 1.165) is 0 Å². The lowest BCUT2D eigenvalue weighted by Crippen LogP contribution is -2.29. The standard InChI is InChI=1S/CH5NO5P2/c2-1-8(3,4)7-9(1,5)6/h1H,2H2,(H,3,4)(H,5,6). The Kier molecular flexibility index (Phi) is 1.37. The largest absolute Gasteiger partial charge is 0.364 e. The zero-order valence-electron chi connectivity index (χ0n) is 4.17. The molecule has 2 unspecified atom stereocenters. The van der Waals surface area contributed by atoms with Crippen LogP contribution in [0.25, 0.3) is 0 Å². The van der Waals surface area contributed by atoms with E-state index < -0.39 is 20.7 Å². The molecular weight excluding hydrogens is 168 g/mol. The van der Waals surface area contributed by atoms with Gasteiger partial charge in [0.2, 0.25) is 5.52 Å². The molecule has 1 fully saturated rings. The third-order valence-electron chi connectivity index (χ3n) is 0.903. The summed E-state index contributed by atoms with van der Waals surface area (Å²) < 4.78 is 24.3. The Morgan fingerprint density at radius 1 is 1.33 bits per heavy atom. The molecule has 0 spiro atoms. The van der Waals surface area contributed by atoms with Crippen molar-refractivity contribution in [2.24, 2.45) is 5.73 Å². The third-order valence-corrected chi connectivity index (χ3v) is 5.86. The third kappa shape index (κ3) is 0.984. The summed E-state index contributed by atoms with van der Waals surface area (Å²) in [7, 11) is -7.83. The van der Waals surface area contributed by atoms with Gasteiger partial charge < -0.3 is 15.5 Å². The van der Waals surface area contributed by atoms with Crippen LogP contribution in [0.1, 0.15) is 0 Å². The van der Waals surface area contributed by atoms with Gasteiger partial charge in [-0.2, -0.15) is 0 Å². The van der Waals surface area contributed by atoms with E-state index in [1.807, 2.05) is 0 Å². The Bertz CT molecular complexity index is 201. The molecule has 9 heavy (non-hydrogen) atoms. The van der Waals surface area contributed by atoms with Gasteiger partial charge in [0.05, 0.1) is 0 Å². The Labute approximate surface area is 50.7 Å². The van der Waals surface area contributed by atoms with Crippen LogP contribution in [0.3, 0.4) is 0 Å². The topological polar surface area (TPSA) is 110 Å². The van der Waals surface area contributed by atoms with E-state index in [2.05, 4.69) is 4.31 Å². The molecule has 1 heterocycles. The lowest BCUT2D eigenvalue weighted by Gasteiger charge is -2.32. The van der Waals surface area contributed by atoms with Crippen molar-refractivity contribution < 1.29 is 23.2 Å². The second kappa shape index (κ2) is 1.66. The average molecular weight is 173 g/mol. The van der Waals surface area contributed by atoms with Gasteiger partial charge in [-0.1, -0.05) is 0 Å². The van der Waals surface area contributed by atoms with Gasteiger partial charge in [0, 0.05) is 0 Å². The summed E-state index contributed by atoms with van der Waals surface area (Å²) in [5.41, 5.74) is 3.18. The van der Waals surface area contributed by atoms with Crippen molar-refractivity contribution in [1.82, 2.24) is 0 Å². The van der Waals surface area contributed by atoms with Crippen molar-refractivity contribution in [3.63, 3.8) is 0 Å². The van der Waals surface area contributed by atoms with Crippen LogP contribution in [0.15, 0.2) is 0 Å². The molecule has 1 saturated heterocycles.